The zero-order valence-electron chi connectivity index (χ0n) is 15.7. The number of ether oxygens (including phenoxy) is 1. The molecule has 1 N–H and O–H groups in total. The Labute approximate surface area is 164 Å². The zero-order chi connectivity index (χ0) is 19.8. The van der Waals surface area contributed by atoms with Gasteiger partial charge in [-0.25, -0.2) is 9.97 Å². The monoisotopic (exact) mass is 405 g/mol. The van der Waals surface area contributed by atoms with Gasteiger partial charge in [-0.1, -0.05) is 11.3 Å². The van der Waals surface area contributed by atoms with Gasteiger partial charge in [-0.15, -0.1) is 0 Å². The zero-order valence-corrected chi connectivity index (χ0v) is 16.5. The van der Waals surface area contributed by atoms with Crippen LogP contribution in [0.15, 0.2) is 12.5 Å². The minimum Gasteiger partial charge on any atom is -0.472 e. The summed E-state index contributed by atoms with van der Waals surface area (Å²) in [5.41, 5.74) is 0.713. The summed E-state index contributed by atoms with van der Waals surface area (Å²) >= 11 is 1.15. The van der Waals surface area contributed by atoms with Gasteiger partial charge in [0.05, 0.1) is 11.1 Å². The van der Waals surface area contributed by atoms with E-state index in [0.717, 1.165) is 23.1 Å². The highest BCUT2D eigenvalue weighted by atomic mass is 32.1. The lowest BCUT2D eigenvalue weighted by Crippen LogP contribution is -2.28. The predicted molar refractivity (Wildman–Crippen MR) is 102 cm³/mol. The third-order valence-corrected chi connectivity index (χ3v) is 5.65. The van der Waals surface area contributed by atoms with E-state index in [2.05, 4.69) is 37.2 Å². The van der Waals surface area contributed by atoms with Gasteiger partial charge in [-0.3, -0.25) is 14.4 Å². The van der Waals surface area contributed by atoms with Gasteiger partial charge < -0.3 is 10.1 Å². The predicted octanol–water partition coefficient (Wildman–Crippen LogP) is 1.96. The normalized spacial score (nSPS) is 20.0. The Kier molecular flexibility index (Phi) is 4.94. The molecule has 3 aromatic heterocycles. The average molecular weight is 405 g/mol. The second-order valence-electron chi connectivity index (χ2n) is 6.85. The maximum atomic E-state index is 14.1. The van der Waals surface area contributed by atoms with Crippen LogP contribution in [0.1, 0.15) is 25.1 Å². The molecule has 0 bridgehead atoms. The van der Waals surface area contributed by atoms with Crippen molar-refractivity contribution in [1.29, 1.82) is 0 Å². The molecule has 1 fully saturated rings. The van der Waals surface area contributed by atoms with Crippen molar-refractivity contribution in [2.45, 2.75) is 39.0 Å². The van der Waals surface area contributed by atoms with Crippen molar-refractivity contribution in [2.24, 2.45) is 7.05 Å². The molecule has 1 aliphatic rings. The number of aryl methyl sites for hydroxylation is 1. The summed E-state index contributed by atoms with van der Waals surface area (Å²) in [6.07, 6.45) is 3.88. The highest BCUT2D eigenvalue weighted by Crippen LogP contribution is 2.29. The van der Waals surface area contributed by atoms with Crippen molar-refractivity contribution < 1.29 is 13.9 Å². The number of carbonyl (C=O) groups excluding carboxylic acids is 1. The third-order valence-electron chi connectivity index (χ3n) is 4.72. The summed E-state index contributed by atoms with van der Waals surface area (Å²) in [4.78, 5) is 26.0. The van der Waals surface area contributed by atoms with Crippen molar-refractivity contribution in [3.8, 4) is 5.88 Å². The lowest BCUT2D eigenvalue weighted by Gasteiger charge is -2.19. The summed E-state index contributed by atoms with van der Waals surface area (Å²) in [6.45, 7) is 4.50. The van der Waals surface area contributed by atoms with E-state index in [1.54, 1.807) is 10.9 Å². The summed E-state index contributed by atoms with van der Waals surface area (Å²) < 4.78 is 21.9. The smallest absolute Gasteiger partial charge is 0.230 e. The average Bonchev–Trinajstić information content (AvgIpc) is 3.27. The quantitative estimate of drug-likeness (QED) is 0.693. The molecule has 0 aliphatic carbocycles. The number of nitrogens with zero attached hydrogens (tertiary/aromatic N) is 6. The SMILES string of the molecule is CC(=O)Nc1nc(F)c(CN2C[C@H](Oc3ncnc4c3cnn4C)C[C@@H]2C)s1. The fourth-order valence-corrected chi connectivity index (χ4v) is 4.28. The molecule has 1 saturated heterocycles. The number of fused-ring (bicyclic) bond motifs is 1. The summed E-state index contributed by atoms with van der Waals surface area (Å²) in [7, 11) is 1.82. The Morgan fingerprint density at radius 2 is 2.29 bits per heavy atom. The van der Waals surface area contributed by atoms with Gasteiger partial charge in [-0.2, -0.15) is 14.5 Å². The molecule has 4 heterocycles. The van der Waals surface area contributed by atoms with Gasteiger partial charge >= 0.3 is 0 Å². The van der Waals surface area contributed by atoms with Crippen LogP contribution in [0.3, 0.4) is 0 Å². The number of carbonyl (C=O) groups is 1. The number of aromatic nitrogens is 5. The van der Waals surface area contributed by atoms with Crippen LogP contribution >= 0.6 is 11.3 Å². The van der Waals surface area contributed by atoms with E-state index in [0.29, 0.717) is 29.5 Å². The van der Waals surface area contributed by atoms with Crippen LogP contribution in [-0.4, -0.2) is 54.2 Å². The number of rotatable bonds is 5. The first-order chi connectivity index (χ1) is 13.4. The van der Waals surface area contributed by atoms with Crippen molar-refractivity contribution in [3.63, 3.8) is 0 Å². The van der Waals surface area contributed by atoms with Gasteiger partial charge in [0.1, 0.15) is 17.8 Å². The lowest BCUT2D eigenvalue weighted by atomic mass is 10.2. The molecule has 0 unspecified atom stereocenters. The molecule has 0 spiro atoms. The van der Waals surface area contributed by atoms with E-state index in [-0.39, 0.29) is 23.2 Å². The number of anilines is 1. The Morgan fingerprint density at radius 3 is 3.07 bits per heavy atom. The van der Waals surface area contributed by atoms with Crippen LogP contribution in [-0.2, 0) is 18.4 Å². The van der Waals surface area contributed by atoms with Crippen LogP contribution in [0.2, 0.25) is 0 Å². The summed E-state index contributed by atoms with van der Waals surface area (Å²) in [5, 5.41) is 7.77. The Morgan fingerprint density at radius 1 is 1.46 bits per heavy atom. The van der Waals surface area contributed by atoms with Gasteiger partial charge in [-0.05, 0) is 6.92 Å². The van der Waals surface area contributed by atoms with Gasteiger partial charge in [0.2, 0.25) is 17.7 Å². The number of hydrogen-bond donors (Lipinski definition) is 1. The molecular formula is C17H20FN7O2S. The van der Waals surface area contributed by atoms with Gasteiger partial charge in [0.25, 0.3) is 0 Å². The van der Waals surface area contributed by atoms with Crippen molar-refractivity contribution in [3.05, 3.63) is 23.3 Å². The molecule has 2 atom stereocenters. The number of nitrogens with one attached hydrogen (secondary N) is 1. The van der Waals surface area contributed by atoms with E-state index < -0.39 is 5.95 Å². The molecule has 11 heteroatoms. The highest BCUT2D eigenvalue weighted by Gasteiger charge is 2.32. The summed E-state index contributed by atoms with van der Waals surface area (Å²) in [6, 6.07) is 0.210. The van der Waals surface area contributed by atoms with E-state index in [9.17, 15) is 9.18 Å². The Balaban J connectivity index is 1.45. The molecule has 148 valence electrons. The van der Waals surface area contributed by atoms with E-state index in [4.69, 9.17) is 4.74 Å². The fourth-order valence-electron chi connectivity index (χ4n) is 3.36. The van der Waals surface area contributed by atoms with Crippen molar-refractivity contribution in [1.82, 2.24) is 29.6 Å². The number of amides is 1. The van der Waals surface area contributed by atoms with Crippen LogP contribution in [0, 0.1) is 5.95 Å². The minimum absolute atomic E-state index is 0.0703. The number of halogens is 1. The standard InChI is InChI=1S/C17H20FN7O2S/c1-9-4-11(27-16-12-5-21-24(3)15(12)19-8-20-16)6-25(9)7-13-14(18)23-17(28-13)22-10(2)26/h5,8-9,11H,4,6-7H2,1-3H3,(H,22,23,26)/t9-,11+/m0/s1. The molecule has 0 radical (unpaired) electrons. The number of likely N-dealkylation sites (tertiary alicyclic amines) is 1. The molecule has 28 heavy (non-hydrogen) atoms. The number of thiazole rings is 1. The molecule has 3 aromatic rings. The van der Waals surface area contributed by atoms with Crippen molar-refractivity contribution in [2.75, 3.05) is 11.9 Å². The first-order valence-electron chi connectivity index (χ1n) is 8.87. The van der Waals surface area contributed by atoms with Crippen LogP contribution < -0.4 is 10.1 Å². The highest BCUT2D eigenvalue weighted by molar-refractivity contribution is 7.15. The molecule has 1 aliphatic heterocycles. The Bertz CT molecular complexity index is 1020. The van der Waals surface area contributed by atoms with E-state index in [1.807, 2.05) is 7.05 Å². The minimum atomic E-state index is -0.543. The Hall–Kier alpha value is -2.66. The lowest BCUT2D eigenvalue weighted by molar-refractivity contribution is -0.114. The molecule has 4 rings (SSSR count). The van der Waals surface area contributed by atoms with Gasteiger partial charge in [0, 0.05) is 39.5 Å². The van der Waals surface area contributed by atoms with Crippen LogP contribution in [0.4, 0.5) is 9.52 Å². The number of hydrogen-bond acceptors (Lipinski definition) is 8. The van der Waals surface area contributed by atoms with Crippen molar-refractivity contribution >= 4 is 33.4 Å². The largest absolute Gasteiger partial charge is 0.472 e. The maximum absolute atomic E-state index is 14.1. The third kappa shape index (κ3) is 3.67. The molecular weight excluding hydrogens is 385 g/mol. The summed E-state index contributed by atoms with van der Waals surface area (Å²) in [5.74, 6) is -0.304. The first-order valence-corrected chi connectivity index (χ1v) is 9.68. The fraction of sp³-hybridized carbons (Fsp3) is 0.471. The topological polar surface area (TPSA) is 98.1 Å². The molecule has 0 saturated carbocycles. The molecule has 0 aromatic carbocycles. The van der Waals surface area contributed by atoms with Crippen LogP contribution in [0.25, 0.3) is 11.0 Å². The van der Waals surface area contributed by atoms with E-state index in [1.165, 1.54) is 13.3 Å². The van der Waals surface area contributed by atoms with Crippen LogP contribution in [0.5, 0.6) is 5.88 Å². The first kappa shape index (κ1) is 18.7. The molecule has 9 nitrogen and oxygen atoms in total. The second kappa shape index (κ2) is 7.40. The van der Waals surface area contributed by atoms with Gasteiger partial charge in [0.15, 0.2) is 10.8 Å². The van der Waals surface area contributed by atoms with E-state index >= 15 is 0 Å². The molecule has 1 amide bonds. The maximum Gasteiger partial charge on any atom is 0.230 e. The second-order valence-corrected chi connectivity index (χ2v) is 7.94.